The topological polar surface area (TPSA) is 68.2 Å². The Labute approximate surface area is 83.3 Å². The summed E-state index contributed by atoms with van der Waals surface area (Å²) in [5, 5.41) is 7.85. The average Bonchev–Trinajstić information content (AvgIpc) is 2.67. The minimum absolute atomic E-state index is 0.315. The minimum atomic E-state index is 0.315. The summed E-state index contributed by atoms with van der Waals surface area (Å²) in [6, 6.07) is 1.12. The zero-order chi connectivity index (χ0) is 9.97. The van der Waals surface area contributed by atoms with Crippen molar-refractivity contribution in [3.8, 4) is 0 Å². The van der Waals surface area contributed by atoms with Crippen molar-refractivity contribution in [1.29, 1.82) is 0 Å². The molecule has 0 saturated carbocycles. The summed E-state index contributed by atoms with van der Waals surface area (Å²) in [6.07, 6.45) is 3.68. The Morgan fingerprint density at radius 1 is 1.50 bits per heavy atom. The third-order valence-corrected chi connectivity index (χ3v) is 2.68. The van der Waals surface area contributed by atoms with Gasteiger partial charge in [-0.25, -0.2) is 0 Å². The molecule has 1 aromatic heterocycles. The van der Waals surface area contributed by atoms with Gasteiger partial charge in [0.1, 0.15) is 0 Å². The van der Waals surface area contributed by atoms with Crippen LogP contribution in [0.3, 0.4) is 0 Å². The molecule has 1 unspecified atom stereocenters. The molecule has 78 valence electrons. The lowest BCUT2D eigenvalue weighted by molar-refractivity contribution is 0.421. The summed E-state index contributed by atoms with van der Waals surface area (Å²) in [5.74, 6) is 0.512. The molecule has 1 aliphatic heterocycles. The van der Waals surface area contributed by atoms with Crippen molar-refractivity contribution in [2.45, 2.75) is 38.8 Å². The van der Waals surface area contributed by atoms with Crippen LogP contribution in [0.2, 0.25) is 0 Å². The van der Waals surface area contributed by atoms with E-state index in [1.54, 1.807) is 0 Å². The maximum atomic E-state index is 5.42. The van der Waals surface area contributed by atoms with Crippen LogP contribution in [-0.2, 0) is 6.54 Å². The fourth-order valence-corrected chi connectivity index (χ4v) is 1.83. The van der Waals surface area contributed by atoms with Crippen molar-refractivity contribution >= 4 is 6.01 Å². The molecule has 2 N–H and O–H groups in total. The number of hydrogen-bond donors (Lipinski definition) is 1. The van der Waals surface area contributed by atoms with Crippen LogP contribution in [-0.4, -0.2) is 22.8 Å². The van der Waals surface area contributed by atoms with Gasteiger partial charge in [0.15, 0.2) is 0 Å². The molecular formula is C9H16N4O. The van der Waals surface area contributed by atoms with Gasteiger partial charge in [-0.1, -0.05) is 5.10 Å². The number of anilines is 1. The number of hydrogen-bond acceptors (Lipinski definition) is 5. The SMILES string of the molecule is CC1CCCCN1c1nnc(CN)o1. The van der Waals surface area contributed by atoms with Gasteiger partial charge < -0.3 is 15.1 Å². The van der Waals surface area contributed by atoms with Gasteiger partial charge in [-0.3, -0.25) is 0 Å². The quantitative estimate of drug-likeness (QED) is 0.761. The summed E-state index contributed by atoms with van der Waals surface area (Å²) in [5.41, 5.74) is 5.41. The van der Waals surface area contributed by atoms with Crippen LogP contribution in [0.15, 0.2) is 4.42 Å². The zero-order valence-corrected chi connectivity index (χ0v) is 8.44. The molecule has 2 heterocycles. The number of piperidine rings is 1. The first-order chi connectivity index (χ1) is 6.81. The van der Waals surface area contributed by atoms with E-state index in [-0.39, 0.29) is 0 Å². The van der Waals surface area contributed by atoms with Crippen LogP contribution in [0.1, 0.15) is 32.1 Å². The highest BCUT2D eigenvalue weighted by atomic mass is 16.4. The average molecular weight is 196 g/mol. The number of nitrogens with two attached hydrogens (primary N) is 1. The molecular weight excluding hydrogens is 180 g/mol. The van der Waals surface area contributed by atoms with Gasteiger partial charge in [0.2, 0.25) is 5.89 Å². The van der Waals surface area contributed by atoms with E-state index in [9.17, 15) is 0 Å². The summed E-state index contributed by atoms with van der Waals surface area (Å²) >= 11 is 0. The first kappa shape index (κ1) is 9.45. The molecule has 1 atom stereocenters. The second kappa shape index (κ2) is 3.96. The van der Waals surface area contributed by atoms with Gasteiger partial charge in [-0.05, 0) is 26.2 Å². The molecule has 1 aromatic rings. The molecule has 0 spiro atoms. The van der Waals surface area contributed by atoms with Crippen LogP contribution in [0.25, 0.3) is 0 Å². The smallest absolute Gasteiger partial charge is 0.318 e. The Bertz CT molecular complexity index is 299. The molecule has 0 radical (unpaired) electrons. The van der Waals surface area contributed by atoms with Crippen molar-refractivity contribution < 1.29 is 4.42 Å². The van der Waals surface area contributed by atoms with E-state index in [1.165, 1.54) is 19.3 Å². The minimum Gasteiger partial charge on any atom is -0.407 e. The Hall–Kier alpha value is -1.10. The van der Waals surface area contributed by atoms with Gasteiger partial charge >= 0.3 is 6.01 Å². The lowest BCUT2D eigenvalue weighted by Gasteiger charge is -2.31. The second-order valence-electron chi connectivity index (χ2n) is 3.72. The van der Waals surface area contributed by atoms with E-state index in [0.29, 0.717) is 24.5 Å². The van der Waals surface area contributed by atoms with E-state index in [4.69, 9.17) is 10.2 Å². The highest BCUT2D eigenvalue weighted by Gasteiger charge is 2.22. The molecule has 5 heteroatoms. The van der Waals surface area contributed by atoms with Crippen LogP contribution in [0.4, 0.5) is 6.01 Å². The lowest BCUT2D eigenvalue weighted by atomic mass is 10.0. The molecule has 0 aromatic carbocycles. The Kier molecular flexibility index (Phi) is 2.67. The molecule has 0 aliphatic carbocycles. The molecule has 2 rings (SSSR count). The molecule has 1 aliphatic rings. The largest absolute Gasteiger partial charge is 0.407 e. The first-order valence-corrected chi connectivity index (χ1v) is 5.10. The van der Waals surface area contributed by atoms with Gasteiger partial charge in [0.25, 0.3) is 0 Å². The van der Waals surface area contributed by atoms with E-state index in [1.807, 2.05) is 0 Å². The summed E-state index contributed by atoms with van der Waals surface area (Å²) in [7, 11) is 0. The molecule has 1 saturated heterocycles. The van der Waals surface area contributed by atoms with E-state index >= 15 is 0 Å². The zero-order valence-electron chi connectivity index (χ0n) is 8.44. The van der Waals surface area contributed by atoms with Crippen LogP contribution in [0.5, 0.6) is 0 Å². The van der Waals surface area contributed by atoms with Crippen molar-refractivity contribution in [1.82, 2.24) is 10.2 Å². The monoisotopic (exact) mass is 196 g/mol. The molecule has 1 fully saturated rings. The normalized spacial score (nSPS) is 22.7. The maximum Gasteiger partial charge on any atom is 0.318 e. The van der Waals surface area contributed by atoms with E-state index in [0.717, 1.165) is 6.54 Å². The summed E-state index contributed by atoms with van der Waals surface area (Å²) in [4.78, 5) is 2.16. The predicted octanol–water partition coefficient (Wildman–Crippen LogP) is 0.907. The van der Waals surface area contributed by atoms with Crippen molar-refractivity contribution in [2.75, 3.05) is 11.4 Å². The van der Waals surface area contributed by atoms with Crippen molar-refractivity contribution in [3.63, 3.8) is 0 Å². The van der Waals surface area contributed by atoms with Crippen LogP contribution in [0, 0.1) is 0 Å². The summed E-state index contributed by atoms with van der Waals surface area (Å²) in [6.45, 7) is 3.51. The predicted molar refractivity (Wildman–Crippen MR) is 52.8 cm³/mol. The highest BCUT2D eigenvalue weighted by molar-refractivity contribution is 5.26. The summed E-state index contributed by atoms with van der Waals surface area (Å²) < 4.78 is 5.42. The molecule has 5 nitrogen and oxygen atoms in total. The van der Waals surface area contributed by atoms with Crippen LogP contribution >= 0.6 is 0 Å². The van der Waals surface area contributed by atoms with Gasteiger partial charge in [-0.2, -0.15) is 0 Å². The Morgan fingerprint density at radius 2 is 2.36 bits per heavy atom. The highest BCUT2D eigenvalue weighted by Crippen LogP contribution is 2.22. The molecule has 0 amide bonds. The van der Waals surface area contributed by atoms with E-state index < -0.39 is 0 Å². The fourth-order valence-electron chi connectivity index (χ4n) is 1.83. The Balaban J connectivity index is 2.12. The molecule has 0 bridgehead atoms. The number of rotatable bonds is 2. The van der Waals surface area contributed by atoms with Gasteiger partial charge in [0.05, 0.1) is 6.54 Å². The Morgan fingerprint density at radius 3 is 3.00 bits per heavy atom. The van der Waals surface area contributed by atoms with Gasteiger partial charge in [0, 0.05) is 12.6 Å². The molecule has 14 heavy (non-hydrogen) atoms. The number of nitrogens with zero attached hydrogens (tertiary/aromatic N) is 3. The lowest BCUT2D eigenvalue weighted by Crippen LogP contribution is -2.37. The standard InChI is InChI=1S/C9H16N4O/c1-7-4-2-3-5-13(7)9-12-11-8(6-10)14-9/h7H,2-6,10H2,1H3. The van der Waals surface area contributed by atoms with E-state index in [2.05, 4.69) is 22.0 Å². The number of aromatic nitrogens is 2. The fraction of sp³-hybridized carbons (Fsp3) is 0.778. The van der Waals surface area contributed by atoms with Crippen molar-refractivity contribution in [3.05, 3.63) is 5.89 Å². The van der Waals surface area contributed by atoms with Crippen molar-refractivity contribution in [2.24, 2.45) is 5.73 Å². The maximum absolute atomic E-state index is 5.42. The third-order valence-electron chi connectivity index (χ3n) is 2.68. The second-order valence-corrected chi connectivity index (χ2v) is 3.72. The third kappa shape index (κ3) is 1.72. The first-order valence-electron chi connectivity index (χ1n) is 5.10. The van der Waals surface area contributed by atoms with Gasteiger partial charge in [-0.15, -0.1) is 5.10 Å². The van der Waals surface area contributed by atoms with Crippen LogP contribution < -0.4 is 10.6 Å².